The molecule has 9 nitrogen and oxygen atoms in total. The number of phenols is 1. The molecule has 4 aromatic carbocycles. The van der Waals surface area contributed by atoms with Crippen LogP contribution < -0.4 is 24.4 Å². The van der Waals surface area contributed by atoms with Gasteiger partial charge in [0.2, 0.25) is 5.91 Å². The third kappa shape index (κ3) is 6.42. The smallest absolute Gasteiger partial charge is 0.232 e. The molecule has 0 radical (unpaired) electrons. The minimum Gasteiger partial charge on any atom is -0.506 e. The molecule has 0 fully saturated rings. The first-order chi connectivity index (χ1) is 22.9. The Morgan fingerprint density at radius 3 is 2.44 bits per heavy atom. The molecule has 4 aromatic rings. The quantitative estimate of drug-likeness (QED) is 0.194. The first kappa shape index (κ1) is 32.9. The minimum absolute atomic E-state index is 0.0400. The Morgan fingerprint density at radius 1 is 0.979 bits per heavy atom. The van der Waals surface area contributed by atoms with E-state index in [9.17, 15) is 18.3 Å². The molecule has 0 unspecified atom stereocenters. The molecule has 0 saturated carbocycles. The first-order valence-electron chi connectivity index (χ1n) is 15.4. The van der Waals surface area contributed by atoms with E-state index in [0.29, 0.717) is 17.1 Å². The highest BCUT2D eigenvalue weighted by atomic mass is 32.2. The van der Waals surface area contributed by atoms with Crippen molar-refractivity contribution in [3.05, 3.63) is 118 Å². The van der Waals surface area contributed by atoms with E-state index in [1.54, 1.807) is 36.4 Å². The normalized spacial score (nSPS) is 17.8. The Labute approximate surface area is 279 Å². The fourth-order valence-electron chi connectivity index (χ4n) is 6.49. The van der Waals surface area contributed by atoms with Gasteiger partial charge in [0.1, 0.15) is 47.2 Å². The van der Waals surface area contributed by atoms with E-state index < -0.39 is 33.0 Å². The molecule has 48 heavy (non-hydrogen) atoms. The summed E-state index contributed by atoms with van der Waals surface area (Å²) in [5.74, 6) is -0.568. The maximum absolute atomic E-state index is 16.5. The fourth-order valence-corrected chi connectivity index (χ4v) is 8.85. The van der Waals surface area contributed by atoms with Crippen LogP contribution in [0.25, 0.3) is 0 Å². The Hall–Kier alpha value is -5.03. The van der Waals surface area contributed by atoms with Gasteiger partial charge in [-0.15, -0.1) is 0 Å². The number of carbonyl (C=O) groups excluding carboxylic acids is 1. The lowest BCUT2D eigenvalue weighted by atomic mass is 9.88. The number of rotatable bonds is 8. The third-order valence-electron chi connectivity index (χ3n) is 8.54. The summed E-state index contributed by atoms with van der Waals surface area (Å²) >= 11 is 0. The maximum atomic E-state index is 16.5. The van der Waals surface area contributed by atoms with Crippen LogP contribution in [0.1, 0.15) is 43.0 Å². The van der Waals surface area contributed by atoms with E-state index in [1.165, 1.54) is 37.3 Å². The summed E-state index contributed by atoms with van der Waals surface area (Å²) < 4.78 is 61.8. The number of ether oxygens (including phenoxy) is 3. The summed E-state index contributed by atoms with van der Waals surface area (Å²) in [6.07, 6.45) is 0.0253. The van der Waals surface area contributed by atoms with Gasteiger partial charge in [0.25, 0.3) is 0 Å². The molecule has 0 spiro atoms. The summed E-state index contributed by atoms with van der Waals surface area (Å²) in [4.78, 5) is 15.8. The van der Waals surface area contributed by atoms with Crippen LogP contribution in [0.15, 0.2) is 95.5 Å². The SMILES string of the molecule is COc1ccc(OC)c(CC(=O)N2c3cccc(O)c3NC3=C([C@@H]2c2ccc(OCc4ccccc4)cc2F)S(=O)(=O)CC(C)(C)C3)c1. The zero-order chi connectivity index (χ0) is 34.2. The number of carbonyl (C=O) groups is 1. The maximum Gasteiger partial charge on any atom is 0.232 e. The minimum atomic E-state index is -4.08. The molecule has 2 N–H and O–H groups in total. The number of halogens is 1. The molecular weight excluding hydrogens is 635 g/mol. The first-order valence-corrected chi connectivity index (χ1v) is 17.1. The summed E-state index contributed by atoms with van der Waals surface area (Å²) in [6.45, 7) is 3.86. The second-order valence-corrected chi connectivity index (χ2v) is 14.7. The van der Waals surface area contributed by atoms with E-state index in [-0.39, 0.29) is 64.2 Å². The molecule has 1 amide bonds. The van der Waals surface area contributed by atoms with Gasteiger partial charge in [-0.25, -0.2) is 12.8 Å². The van der Waals surface area contributed by atoms with Gasteiger partial charge in [-0.3, -0.25) is 9.69 Å². The van der Waals surface area contributed by atoms with E-state index in [1.807, 2.05) is 44.2 Å². The third-order valence-corrected chi connectivity index (χ3v) is 10.8. The lowest BCUT2D eigenvalue weighted by Crippen LogP contribution is -2.42. The van der Waals surface area contributed by atoms with Gasteiger partial charge >= 0.3 is 0 Å². The highest BCUT2D eigenvalue weighted by Crippen LogP contribution is 2.52. The van der Waals surface area contributed by atoms with Gasteiger partial charge in [-0.2, -0.15) is 0 Å². The highest BCUT2D eigenvalue weighted by molar-refractivity contribution is 7.95. The van der Waals surface area contributed by atoms with Crippen LogP contribution in [0.2, 0.25) is 0 Å². The number of para-hydroxylation sites is 1. The van der Waals surface area contributed by atoms with Crippen molar-refractivity contribution in [2.45, 2.75) is 39.3 Å². The van der Waals surface area contributed by atoms with E-state index in [4.69, 9.17) is 14.2 Å². The van der Waals surface area contributed by atoms with E-state index in [2.05, 4.69) is 5.32 Å². The van der Waals surface area contributed by atoms with Crippen LogP contribution in [-0.4, -0.2) is 39.4 Å². The molecule has 2 aliphatic heterocycles. The molecule has 0 aliphatic carbocycles. The lowest BCUT2D eigenvalue weighted by molar-refractivity contribution is -0.118. The van der Waals surface area contributed by atoms with Crippen LogP contribution in [-0.2, 0) is 27.7 Å². The average Bonchev–Trinajstić information content (AvgIpc) is 3.19. The number of hydrogen-bond donors (Lipinski definition) is 2. The molecule has 0 aromatic heterocycles. The molecular formula is C37H37FN2O7S. The predicted molar refractivity (Wildman–Crippen MR) is 182 cm³/mol. The topological polar surface area (TPSA) is 114 Å². The molecule has 6 rings (SSSR count). The number of nitrogens with zero attached hydrogens (tertiary/aromatic N) is 1. The summed E-state index contributed by atoms with van der Waals surface area (Å²) in [6, 6.07) is 21.9. The number of allylic oxidation sites excluding steroid dienone is 1. The van der Waals surface area contributed by atoms with Gasteiger partial charge in [-0.05, 0) is 59.9 Å². The van der Waals surface area contributed by atoms with Crippen molar-refractivity contribution in [3.63, 3.8) is 0 Å². The fraction of sp³-hybridized carbons (Fsp3) is 0.270. The number of methoxy groups -OCH3 is 2. The molecule has 0 bridgehead atoms. The van der Waals surface area contributed by atoms with Crippen LogP contribution in [0.3, 0.4) is 0 Å². The molecule has 11 heteroatoms. The van der Waals surface area contributed by atoms with E-state index >= 15 is 4.39 Å². The van der Waals surface area contributed by atoms with Gasteiger partial charge in [0.05, 0.1) is 37.0 Å². The molecule has 2 aliphatic rings. The zero-order valence-electron chi connectivity index (χ0n) is 27.1. The monoisotopic (exact) mass is 672 g/mol. The van der Waals surface area contributed by atoms with Crippen molar-refractivity contribution in [3.8, 4) is 23.0 Å². The largest absolute Gasteiger partial charge is 0.506 e. The van der Waals surface area contributed by atoms with Gasteiger partial charge < -0.3 is 24.6 Å². The number of fused-ring (bicyclic) bond motifs is 1. The number of phenolic OH excluding ortho intramolecular Hbond substituents is 1. The summed E-state index contributed by atoms with van der Waals surface area (Å²) in [5, 5.41) is 14.2. The molecule has 1 atom stereocenters. The van der Waals surface area contributed by atoms with Crippen molar-refractivity contribution in [2.24, 2.45) is 5.41 Å². The van der Waals surface area contributed by atoms with Crippen LogP contribution in [0, 0.1) is 11.2 Å². The number of benzene rings is 4. The van der Waals surface area contributed by atoms with Crippen LogP contribution in [0.5, 0.6) is 23.0 Å². The van der Waals surface area contributed by atoms with Crippen molar-refractivity contribution in [1.82, 2.24) is 0 Å². The number of nitrogens with one attached hydrogen (secondary N) is 1. The average molecular weight is 673 g/mol. The molecule has 0 saturated heterocycles. The second-order valence-electron chi connectivity index (χ2n) is 12.7. The Morgan fingerprint density at radius 2 is 1.73 bits per heavy atom. The number of sulfone groups is 1. The van der Waals surface area contributed by atoms with Crippen molar-refractivity contribution in [1.29, 1.82) is 0 Å². The second kappa shape index (κ2) is 12.9. The van der Waals surface area contributed by atoms with E-state index in [0.717, 1.165) is 5.56 Å². The summed E-state index contributed by atoms with van der Waals surface area (Å²) in [5.41, 5.74) is 1.28. The zero-order valence-corrected chi connectivity index (χ0v) is 27.9. The molecule has 250 valence electrons. The van der Waals surface area contributed by atoms with Crippen LogP contribution >= 0.6 is 0 Å². The van der Waals surface area contributed by atoms with Crippen molar-refractivity contribution < 1.29 is 36.9 Å². The van der Waals surface area contributed by atoms with Gasteiger partial charge in [-0.1, -0.05) is 50.2 Å². The number of hydrogen-bond acceptors (Lipinski definition) is 8. The van der Waals surface area contributed by atoms with Crippen LogP contribution in [0.4, 0.5) is 15.8 Å². The Bertz CT molecular complexity index is 2010. The number of amides is 1. The Balaban J connectivity index is 1.53. The summed E-state index contributed by atoms with van der Waals surface area (Å²) in [7, 11) is -1.10. The predicted octanol–water partition coefficient (Wildman–Crippen LogP) is 6.93. The highest BCUT2D eigenvalue weighted by Gasteiger charge is 2.47. The lowest BCUT2D eigenvalue weighted by Gasteiger charge is -2.37. The molecule has 2 heterocycles. The Kier molecular flexibility index (Phi) is 8.82. The number of anilines is 2. The standard InChI is InChI=1S/C37H37FN2O7S/c1-37(2)20-29-36(48(43,44)22-37)35(27-15-13-26(19-28(27)38)47-21-23-9-6-5-7-10-23)40(30-11-8-12-31(41)34(30)39-29)33(42)18-24-17-25(45-3)14-16-32(24)46-4/h5-17,19,35,39,41H,18,20-22H2,1-4H3/t35-/m0/s1. The van der Waals surface area contributed by atoms with Gasteiger partial charge in [0.15, 0.2) is 9.84 Å². The van der Waals surface area contributed by atoms with Crippen molar-refractivity contribution in [2.75, 3.05) is 30.2 Å². The van der Waals surface area contributed by atoms with Crippen molar-refractivity contribution >= 4 is 27.1 Å². The van der Waals surface area contributed by atoms with Gasteiger partial charge in [0, 0.05) is 22.9 Å². The number of aromatic hydroxyl groups is 1.